The van der Waals surface area contributed by atoms with Crippen molar-refractivity contribution in [3.05, 3.63) is 23.2 Å². The topological polar surface area (TPSA) is 104 Å². The molecule has 2 amide bonds. The minimum Gasteiger partial charge on any atom is -0.355 e. The fourth-order valence-corrected chi connectivity index (χ4v) is 3.59. The monoisotopic (exact) mass is 348 g/mol. The van der Waals surface area contributed by atoms with Crippen LogP contribution in [0.25, 0.3) is 0 Å². The molecule has 24 heavy (non-hydrogen) atoms. The smallest absolute Gasteiger partial charge is 0.229 e. The lowest BCUT2D eigenvalue weighted by molar-refractivity contribution is -0.126. The fraction of sp³-hybridized carbons (Fsp3) is 0.533. The van der Waals surface area contributed by atoms with Crippen molar-refractivity contribution in [3.8, 4) is 0 Å². The maximum absolute atomic E-state index is 12.3. The van der Waals surface area contributed by atoms with Crippen molar-refractivity contribution < 1.29 is 9.59 Å². The molecule has 1 aliphatic rings. The van der Waals surface area contributed by atoms with Crippen LogP contribution in [0.15, 0.2) is 12.5 Å². The predicted octanol–water partition coefficient (Wildman–Crippen LogP) is 0.925. The van der Waals surface area contributed by atoms with E-state index in [9.17, 15) is 9.59 Å². The summed E-state index contributed by atoms with van der Waals surface area (Å²) in [5.41, 5.74) is 0.969. The van der Waals surface area contributed by atoms with Crippen molar-refractivity contribution in [2.75, 3.05) is 18.0 Å². The van der Waals surface area contributed by atoms with E-state index in [0.717, 1.165) is 23.5 Å². The second kappa shape index (κ2) is 7.52. The first-order valence-electron chi connectivity index (χ1n) is 8.05. The van der Waals surface area contributed by atoms with Crippen LogP contribution in [0.1, 0.15) is 30.5 Å². The molecule has 2 N–H and O–H groups in total. The molecular formula is C15H20N6O2S. The van der Waals surface area contributed by atoms with E-state index < -0.39 is 0 Å². The summed E-state index contributed by atoms with van der Waals surface area (Å²) in [5.74, 6) is -0.496. The second-order valence-corrected chi connectivity index (χ2v) is 6.79. The fourth-order valence-electron chi connectivity index (χ4n) is 2.62. The number of carbonyl (C=O) groups excluding carboxylic acids is 2. The number of nitrogens with one attached hydrogen (secondary N) is 2. The Balaban J connectivity index is 1.52. The molecule has 1 aliphatic heterocycles. The third-order valence-electron chi connectivity index (χ3n) is 3.90. The average Bonchev–Trinajstić information content (AvgIpc) is 3.28. The molecule has 1 fully saturated rings. The quantitative estimate of drug-likeness (QED) is 0.774. The molecule has 0 spiro atoms. The molecule has 1 saturated heterocycles. The van der Waals surface area contributed by atoms with Gasteiger partial charge in [0.2, 0.25) is 16.9 Å². The van der Waals surface area contributed by atoms with E-state index in [1.165, 1.54) is 11.3 Å². The van der Waals surface area contributed by atoms with Crippen LogP contribution < -0.4 is 10.2 Å². The van der Waals surface area contributed by atoms with Crippen molar-refractivity contribution in [3.63, 3.8) is 0 Å². The Bertz CT molecular complexity index is 699. The Kier molecular flexibility index (Phi) is 5.19. The minimum atomic E-state index is -0.335. The van der Waals surface area contributed by atoms with E-state index >= 15 is 0 Å². The largest absolute Gasteiger partial charge is 0.355 e. The predicted molar refractivity (Wildman–Crippen MR) is 89.7 cm³/mol. The summed E-state index contributed by atoms with van der Waals surface area (Å²) in [7, 11) is 0. The second-order valence-electron chi connectivity index (χ2n) is 5.75. The van der Waals surface area contributed by atoms with E-state index in [4.69, 9.17) is 0 Å². The van der Waals surface area contributed by atoms with E-state index in [1.807, 2.05) is 0 Å². The van der Waals surface area contributed by atoms with Gasteiger partial charge in [-0.1, -0.05) is 18.3 Å². The number of hydrogen-bond donors (Lipinski definition) is 2. The molecule has 2 aromatic heterocycles. The Labute approximate surface area is 143 Å². The summed E-state index contributed by atoms with van der Waals surface area (Å²) in [4.78, 5) is 32.9. The van der Waals surface area contributed by atoms with E-state index in [0.29, 0.717) is 24.6 Å². The summed E-state index contributed by atoms with van der Waals surface area (Å²) in [6.07, 6.45) is 6.10. The zero-order chi connectivity index (χ0) is 16.9. The van der Waals surface area contributed by atoms with Crippen LogP contribution in [-0.4, -0.2) is 45.1 Å². The van der Waals surface area contributed by atoms with Crippen molar-refractivity contribution in [2.45, 2.75) is 32.6 Å². The Morgan fingerprint density at radius 1 is 1.46 bits per heavy atom. The van der Waals surface area contributed by atoms with Crippen molar-refractivity contribution >= 4 is 28.3 Å². The molecule has 128 valence electrons. The van der Waals surface area contributed by atoms with Gasteiger partial charge in [-0.2, -0.15) is 0 Å². The summed E-state index contributed by atoms with van der Waals surface area (Å²) in [6, 6.07) is 0. The lowest BCUT2D eigenvalue weighted by Gasteiger charge is -2.12. The molecule has 3 rings (SSSR count). The van der Waals surface area contributed by atoms with Gasteiger partial charge in [-0.3, -0.25) is 14.5 Å². The zero-order valence-electron chi connectivity index (χ0n) is 13.5. The minimum absolute atomic E-state index is 0.0667. The highest BCUT2D eigenvalue weighted by molar-refractivity contribution is 7.15. The van der Waals surface area contributed by atoms with Crippen LogP contribution >= 0.6 is 11.3 Å². The number of aromatic nitrogens is 4. The first kappa shape index (κ1) is 16.6. The van der Waals surface area contributed by atoms with Crippen LogP contribution in [0.2, 0.25) is 0 Å². The highest BCUT2D eigenvalue weighted by Gasteiger charge is 2.36. The van der Waals surface area contributed by atoms with Gasteiger partial charge in [0, 0.05) is 44.2 Å². The molecule has 0 aromatic carbocycles. The van der Waals surface area contributed by atoms with Crippen molar-refractivity contribution in [2.24, 2.45) is 5.92 Å². The molecule has 0 radical (unpaired) electrons. The molecule has 0 aliphatic carbocycles. The number of imidazole rings is 1. The molecular weight excluding hydrogens is 328 g/mol. The van der Waals surface area contributed by atoms with E-state index in [-0.39, 0.29) is 24.2 Å². The SMILES string of the molecule is CCCc1nnc(N2CC(C(=O)NCCc3cnc[nH]3)CC2=O)s1. The van der Waals surface area contributed by atoms with Crippen molar-refractivity contribution in [1.29, 1.82) is 0 Å². The van der Waals surface area contributed by atoms with Gasteiger partial charge in [0.15, 0.2) is 0 Å². The van der Waals surface area contributed by atoms with E-state index in [2.05, 4.69) is 32.4 Å². The summed E-state index contributed by atoms with van der Waals surface area (Å²) < 4.78 is 0. The van der Waals surface area contributed by atoms with Crippen molar-refractivity contribution in [1.82, 2.24) is 25.5 Å². The number of amides is 2. The molecule has 2 aromatic rings. The molecule has 0 bridgehead atoms. The maximum Gasteiger partial charge on any atom is 0.229 e. The van der Waals surface area contributed by atoms with Gasteiger partial charge in [0.1, 0.15) is 5.01 Å². The number of nitrogens with zero attached hydrogens (tertiary/aromatic N) is 4. The number of aromatic amines is 1. The number of aryl methyl sites for hydroxylation is 1. The summed E-state index contributed by atoms with van der Waals surface area (Å²) >= 11 is 1.43. The standard InChI is InChI=1S/C15H20N6O2S/c1-2-3-12-19-20-15(24-12)21-8-10(6-13(21)22)14(23)17-5-4-11-7-16-9-18-11/h7,9-10H,2-6,8H2,1H3,(H,16,18)(H,17,23). The molecule has 1 unspecified atom stereocenters. The average molecular weight is 348 g/mol. The Morgan fingerprint density at radius 3 is 3.08 bits per heavy atom. The van der Waals surface area contributed by atoms with Crippen LogP contribution in [0.3, 0.4) is 0 Å². The van der Waals surface area contributed by atoms with Gasteiger partial charge < -0.3 is 10.3 Å². The third-order valence-corrected chi connectivity index (χ3v) is 4.90. The Hall–Kier alpha value is -2.29. The lowest BCUT2D eigenvalue weighted by atomic mass is 10.1. The molecule has 0 saturated carbocycles. The van der Waals surface area contributed by atoms with Crippen LogP contribution in [0, 0.1) is 5.92 Å². The highest BCUT2D eigenvalue weighted by atomic mass is 32.1. The number of hydrogen-bond acceptors (Lipinski definition) is 6. The van der Waals surface area contributed by atoms with Crippen LogP contribution in [0.5, 0.6) is 0 Å². The highest BCUT2D eigenvalue weighted by Crippen LogP contribution is 2.28. The Morgan fingerprint density at radius 2 is 2.33 bits per heavy atom. The number of H-pyrrole nitrogens is 1. The van der Waals surface area contributed by atoms with Gasteiger partial charge in [-0.05, 0) is 6.42 Å². The third kappa shape index (κ3) is 3.78. The molecule has 8 nitrogen and oxygen atoms in total. The first-order chi connectivity index (χ1) is 11.7. The van der Waals surface area contributed by atoms with Gasteiger partial charge in [-0.25, -0.2) is 4.98 Å². The number of rotatable bonds is 7. The molecule has 1 atom stereocenters. The maximum atomic E-state index is 12.3. The molecule has 3 heterocycles. The van der Waals surface area contributed by atoms with Gasteiger partial charge in [0.05, 0.1) is 12.2 Å². The zero-order valence-corrected chi connectivity index (χ0v) is 14.3. The number of carbonyl (C=O) groups is 2. The van der Waals surface area contributed by atoms with Gasteiger partial charge in [-0.15, -0.1) is 10.2 Å². The van der Waals surface area contributed by atoms with Crippen LogP contribution in [0.4, 0.5) is 5.13 Å². The first-order valence-corrected chi connectivity index (χ1v) is 8.86. The summed E-state index contributed by atoms with van der Waals surface area (Å²) in [6.45, 7) is 2.96. The van der Waals surface area contributed by atoms with Gasteiger partial charge >= 0.3 is 0 Å². The molecule has 9 heteroatoms. The number of anilines is 1. The lowest BCUT2D eigenvalue weighted by Crippen LogP contribution is -2.34. The normalized spacial score (nSPS) is 17.5. The van der Waals surface area contributed by atoms with Gasteiger partial charge in [0.25, 0.3) is 0 Å². The van der Waals surface area contributed by atoms with E-state index in [1.54, 1.807) is 17.4 Å². The van der Waals surface area contributed by atoms with Crippen LogP contribution in [-0.2, 0) is 22.4 Å². The summed E-state index contributed by atoms with van der Waals surface area (Å²) in [5, 5.41) is 12.6.